The second-order valence-corrected chi connectivity index (χ2v) is 0. The molecule has 0 spiro atoms. The van der Waals surface area contributed by atoms with Crippen molar-refractivity contribution in [1.82, 2.24) is 0 Å². The number of hydrogen-bond acceptors (Lipinski definition) is 0. The smallest absolute Gasteiger partial charge is 2.00 e. The van der Waals surface area contributed by atoms with Gasteiger partial charge in [0.05, 0.1) is 0 Å². The van der Waals surface area contributed by atoms with E-state index in [1.54, 1.807) is 0 Å². The molecule has 0 N–H and O–H groups in total. The first-order valence-corrected chi connectivity index (χ1v) is 0. The van der Waals surface area contributed by atoms with Crippen molar-refractivity contribution < 1.29 is 152 Å². The zero-order chi connectivity index (χ0) is 0. The normalized spacial score (nSPS) is 0. The Bertz CT molecular complexity index is 17.8. The average molecular weight is 565 g/mol. The molecule has 0 fully saturated rings. The minimum Gasteiger partial charge on any atom is -2.00 e. The van der Waals surface area contributed by atoms with Gasteiger partial charge in [-0.1, -0.05) is 0 Å². The van der Waals surface area contributed by atoms with Crippen LogP contribution in [0.1, 0.15) is 0 Å². The summed E-state index contributed by atoms with van der Waals surface area (Å²) in [5.41, 5.74) is 0. The molecule has 0 bridgehead atoms. The van der Waals surface area contributed by atoms with Crippen molar-refractivity contribution in [2.24, 2.45) is 0 Å². The molecular weight excluding hydrogens is 565 g/mol. The van der Waals surface area contributed by atoms with Gasteiger partial charge in [-0.25, -0.2) is 0 Å². The standard InChI is InChI=1S/2Al.2Ce.3O.2Zr/q2*+3;;;3*-2;;. The first-order valence-electron chi connectivity index (χ1n) is 0. The van der Waals surface area contributed by atoms with E-state index in [9.17, 15) is 0 Å². The molecule has 0 saturated carbocycles. The van der Waals surface area contributed by atoms with Crippen molar-refractivity contribution in [2.45, 2.75) is 0 Å². The minimum absolute atomic E-state index is 0. The predicted molar refractivity (Wildman–Crippen MR) is 13.6 cm³/mol. The van der Waals surface area contributed by atoms with E-state index >= 15 is 0 Å². The summed E-state index contributed by atoms with van der Waals surface area (Å²) in [7, 11) is 0. The molecule has 0 atom stereocenters. The Balaban J connectivity index is 0. The Hall–Kier alpha value is 5.46. The van der Waals surface area contributed by atoms with Crippen LogP contribution in [0.5, 0.6) is 0 Å². The monoisotopic (exact) mass is 562 g/mol. The van der Waals surface area contributed by atoms with Gasteiger partial charge in [0.1, 0.15) is 0 Å². The molecule has 0 radical (unpaired) electrons. The molecule has 9 heavy (non-hydrogen) atoms. The largest absolute Gasteiger partial charge is 3.00 e. The first kappa shape index (κ1) is 87.8. The van der Waals surface area contributed by atoms with Gasteiger partial charge in [-0.15, -0.1) is 0 Å². The molecule has 0 aliphatic heterocycles. The topological polar surface area (TPSA) is 85.5 Å². The van der Waals surface area contributed by atoms with Crippen molar-refractivity contribution in [3.05, 3.63) is 0 Å². The summed E-state index contributed by atoms with van der Waals surface area (Å²) < 4.78 is 0. The summed E-state index contributed by atoms with van der Waals surface area (Å²) in [6.45, 7) is 0. The van der Waals surface area contributed by atoms with E-state index in [1.165, 1.54) is 0 Å². The third-order valence-electron chi connectivity index (χ3n) is 0. The van der Waals surface area contributed by atoms with E-state index in [0.717, 1.165) is 0 Å². The van der Waals surface area contributed by atoms with Crippen molar-refractivity contribution in [3.63, 3.8) is 0 Å². The van der Waals surface area contributed by atoms with Crippen LogP contribution in [0.15, 0.2) is 0 Å². The molecule has 0 amide bonds. The maximum Gasteiger partial charge on any atom is 3.00 e. The summed E-state index contributed by atoms with van der Waals surface area (Å²) in [4.78, 5) is 0. The van der Waals surface area contributed by atoms with Gasteiger partial charge in [0.25, 0.3) is 0 Å². The first-order chi connectivity index (χ1) is 0. The van der Waals surface area contributed by atoms with Gasteiger partial charge in [0, 0.05) is 136 Å². The molecule has 40 valence electrons. The van der Waals surface area contributed by atoms with Crippen LogP contribution in [0.25, 0.3) is 0 Å². The van der Waals surface area contributed by atoms with Gasteiger partial charge in [-0.3, -0.25) is 0 Å². The maximum atomic E-state index is 0. The molecule has 0 rings (SSSR count). The number of rotatable bonds is 0. The second-order valence-electron chi connectivity index (χ2n) is 0. The number of hydrogen-bond donors (Lipinski definition) is 0. The predicted octanol–water partition coefficient (Wildman–Crippen LogP) is -1.12. The fourth-order valence-corrected chi connectivity index (χ4v) is 0. The molecule has 0 aromatic heterocycles. The molecule has 0 aromatic carbocycles. The van der Waals surface area contributed by atoms with Crippen molar-refractivity contribution in [2.75, 3.05) is 0 Å². The van der Waals surface area contributed by atoms with Gasteiger partial charge >= 0.3 is 34.7 Å². The molecule has 0 unspecified atom stereocenters. The van der Waals surface area contributed by atoms with Crippen LogP contribution in [0, 0.1) is 83.5 Å². The third kappa shape index (κ3) is 59.3. The van der Waals surface area contributed by atoms with Gasteiger partial charge in [0.15, 0.2) is 0 Å². The summed E-state index contributed by atoms with van der Waals surface area (Å²) in [6, 6.07) is 0. The fraction of sp³-hybridized carbons (Fsp3) is 0. The molecular formula is Al2Ce2O3Zr2. The van der Waals surface area contributed by atoms with E-state index in [-0.39, 0.29) is 187 Å². The Kier molecular flexibility index (Phi) is 684. The quantitative estimate of drug-likeness (QED) is 0.334. The van der Waals surface area contributed by atoms with E-state index in [0.29, 0.717) is 0 Å². The van der Waals surface area contributed by atoms with E-state index in [4.69, 9.17) is 0 Å². The second kappa shape index (κ2) is 70.1. The summed E-state index contributed by atoms with van der Waals surface area (Å²) in [6.07, 6.45) is 0. The van der Waals surface area contributed by atoms with Gasteiger partial charge in [-0.2, -0.15) is 0 Å². The van der Waals surface area contributed by atoms with E-state index in [1.807, 2.05) is 0 Å². The van der Waals surface area contributed by atoms with Crippen LogP contribution >= 0.6 is 0 Å². The van der Waals surface area contributed by atoms with Gasteiger partial charge < -0.3 is 16.4 Å². The Morgan fingerprint density at radius 1 is 0.444 bits per heavy atom. The molecule has 9 heteroatoms. The van der Waals surface area contributed by atoms with Crippen LogP contribution in [-0.2, 0) is 68.8 Å². The van der Waals surface area contributed by atoms with Crippen LogP contribution in [0.4, 0.5) is 0 Å². The summed E-state index contributed by atoms with van der Waals surface area (Å²) in [5, 5.41) is 0. The maximum absolute atomic E-state index is 0. The summed E-state index contributed by atoms with van der Waals surface area (Å²) in [5.74, 6) is 0. The average Bonchev–Trinajstić information content (AvgIpc) is 0. The van der Waals surface area contributed by atoms with E-state index < -0.39 is 0 Å². The fourth-order valence-electron chi connectivity index (χ4n) is 0. The SMILES string of the molecule is [Al+3].[Al+3].[Ce].[Ce].[O-2].[O-2].[O-2].[Zr].[Zr]. The van der Waals surface area contributed by atoms with Crippen molar-refractivity contribution in [3.8, 4) is 0 Å². The minimum atomic E-state index is 0. The molecule has 0 aromatic rings. The Labute approximate surface area is 182 Å². The Morgan fingerprint density at radius 3 is 0.444 bits per heavy atom. The van der Waals surface area contributed by atoms with E-state index in [2.05, 4.69) is 0 Å². The van der Waals surface area contributed by atoms with Crippen LogP contribution in [0.2, 0.25) is 0 Å². The van der Waals surface area contributed by atoms with Gasteiger partial charge in [0.2, 0.25) is 0 Å². The third-order valence-corrected chi connectivity index (χ3v) is 0. The van der Waals surface area contributed by atoms with Crippen LogP contribution in [0.3, 0.4) is 0 Å². The molecule has 0 saturated heterocycles. The zero-order valence-electron chi connectivity index (χ0n) is 4.38. The van der Waals surface area contributed by atoms with Gasteiger partial charge in [-0.05, 0) is 0 Å². The molecule has 0 heterocycles. The summed E-state index contributed by atoms with van der Waals surface area (Å²) >= 11 is 0. The van der Waals surface area contributed by atoms with Crippen LogP contribution in [-0.4, -0.2) is 34.7 Å². The molecule has 3 nitrogen and oxygen atoms in total. The Morgan fingerprint density at radius 2 is 0.444 bits per heavy atom. The van der Waals surface area contributed by atoms with Crippen molar-refractivity contribution >= 4 is 34.7 Å². The van der Waals surface area contributed by atoms with Crippen molar-refractivity contribution in [1.29, 1.82) is 0 Å². The van der Waals surface area contributed by atoms with Crippen LogP contribution < -0.4 is 0 Å². The zero-order valence-corrected chi connectivity index (χ0v) is 17.9. The molecule has 0 aliphatic carbocycles. The molecule has 0 aliphatic rings.